The van der Waals surface area contributed by atoms with E-state index in [-0.39, 0.29) is 36.1 Å². The van der Waals surface area contributed by atoms with Gasteiger partial charge in [0.25, 0.3) is 0 Å². The van der Waals surface area contributed by atoms with Gasteiger partial charge in [-0.1, -0.05) is 13.3 Å². The first-order valence-corrected chi connectivity index (χ1v) is 7.10. The molecule has 1 unspecified atom stereocenters. The van der Waals surface area contributed by atoms with E-state index in [0.717, 1.165) is 38.3 Å². The first kappa shape index (κ1) is 21.3. The summed E-state index contributed by atoms with van der Waals surface area (Å²) in [5.74, 6) is 1.35. The fourth-order valence-corrected chi connectivity index (χ4v) is 1.80. The van der Waals surface area contributed by atoms with Crippen molar-refractivity contribution < 1.29 is 5.11 Å². The second-order valence-electron chi connectivity index (χ2n) is 5.76. The Morgan fingerprint density at radius 2 is 1.84 bits per heavy atom. The van der Waals surface area contributed by atoms with Crippen molar-refractivity contribution in [3.8, 4) is 0 Å². The predicted molar refractivity (Wildman–Crippen MR) is 94.4 cm³/mol. The van der Waals surface area contributed by atoms with Crippen molar-refractivity contribution in [2.24, 2.45) is 10.9 Å². The molecule has 0 rings (SSSR count). The number of guanidine groups is 1. The minimum atomic E-state index is 0. The van der Waals surface area contributed by atoms with Gasteiger partial charge in [0.2, 0.25) is 0 Å². The summed E-state index contributed by atoms with van der Waals surface area (Å²) in [5.41, 5.74) is 0.0121. The second-order valence-corrected chi connectivity index (χ2v) is 5.76. The Labute approximate surface area is 135 Å². The van der Waals surface area contributed by atoms with E-state index in [1.54, 1.807) is 0 Å². The molecule has 1 atom stereocenters. The van der Waals surface area contributed by atoms with Gasteiger partial charge in [0.15, 0.2) is 5.96 Å². The topological polar surface area (TPSA) is 56.7 Å². The maximum atomic E-state index is 9.04. The van der Waals surface area contributed by atoms with Gasteiger partial charge in [0.05, 0.1) is 0 Å². The molecule has 0 aromatic rings. The van der Waals surface area contributed by atoms with Gasteiger partial charge < -0.3 is 15.7 Å². The Balaban J connectivity index is 0. The molecule has 0 radical (unpaired) electrons. The third-order valence-corrected chi connectivity index (χ3v) is 2.58. The van der Waals surface area contributed by atoms with E-state index in [1.165, 1.54) is 0 Å². The van der Waals surface area contributed by atoms with Gasteiger partial charge in [-0.15, -0.1) is 24.0 Å². The highest BCUT2D eigenvalue weighted by molar-refractivity contribution is 14.0. The monoisotopic (exact) mass is 385 g/mol. The number of halogens is 1. The van der Waals surface area contributed by atoms with Gasteiger partial charge in [-0.3, -0.25) is 4.99 Å². The van der Waals surface area contributed by atoms with Crippen molar-refractivity contribution in [1.29, 1.82) is 0 Å². The Bertz CT molecular complexity index is 233. The number of hydrogen-bond donors (Lipinski definition) is 3. The Morgan fingerprint density at radius 1 is 1.21 bits per heavy atom. The van der Waals surface area contributed by atoms with Crippen molar-refractivity contribution in [2.45, 2.75) is 59.4 Å². The molecule has 0 aromatic carbocycles. The van der Waals surface area contributed by atoms with Gasteiger partial charge in [0, 0.05) is 25.2 Å². The molecular formula is C14H32IN3O. The molecule has 0 fully saturated rings. The van der Waals surface area contributed by atoms with Crippen LogP contribution >= 0.6 is 24.0 Å². The number of aliphatic imine (C=N–C) groups is 1. The molecule has 0 aliphatic rings. The Kier molecular flexibility index (Phi) is 13.2. The average Bonchev–Trinajstić information content (AvgIpc) is 2.24. The summed E-state index contributed by atoms with van der Waals surface area (Å²) in [6, 6.07) is 0. The van der Waals surface area contributed by atoms with Gasteiger partial charge in [-0.25, -0.2) is 0 Å². The summed E-state index contributed by atoms with van der Waals surface area (Å²) in [6.07, 6.45) is 3.11. The third-order valence-electron chi connectivity index (χ3n) is 2.58. The van der Waals surface area contributed by atoms with E-state index < -0.39 is 0 Å². The van der Waals surface area contributed by atoms with E-state index in [0.29, 0.717) is 5.92 Å². The van der Waals surface area contributed by atoms with Gasteiger partial charge >= 0.3 is 0 Å². The number of hydrogen-bond acceptors (Lipinski definition) is 2. The van der Waals surface area contributed by atoms with Crippen molar-refractivity contribution in [3.05, 3.63) is 0 Å². The molecule has 5 heteroatoms. The standard InChI is InChI=1S/C14H31N3O.HI/c1-6-8-12(9-10-18)11-16-13(15-7-2)17-14(3,4)5;/h12,18H,6-11H2,1-5H3,(H2,15,16,17);1H. The van der Waals surface area contributed by atoms with Crippen LogP contribution in [-0.4, -0.2) is 36.3 Å². The summed E-state index contributed by atoms with van der Waals surface area (Å²) in [4.78, 5) is 4.62. The molecule has 0 saturated heterocycles. The Hall–Kier alpha value is -0.0400. The van der Waals surface area contributed by atoms with Gasteiger partial charge in [0.1, 0.15) is 0 Å². The zero-order valence-electron chi connectivity index (χ0n) is 13.1. The zero-order chi connectivity index (χ0) is 14.0. The minimum absolute atomic E-state index is 0. The number of aliphatic hydroxyl groups is 1. The summed E-state index contributed by atoms with van der Waals surface area (Å²) in [5, 5.41) is 15.7. The molecule has 0 spiro atoms. The normalized spacial score (nSPS) is 13.7. The van der Waals surface area contributed by atoms with Crippen molar-refractivity contribution in [3.63, 3.8) is 0 Å². The molecule has 0 heterocycles. The first-order chi connectivity index (χ1) is 8.42. The second kappa shape index (κ2) is 11.8. The lowest BCUT2D eigenvalue weighted by atomic mass is 10.0. The van der Waals surface area contributed by atoms with Crippen molar-refractivity contribution in [1.82, 2.24) is 10.6 Å². The molecule has 19 heavy (non-hydrogen) atoms. The molecule has 3 N–H and O–H groups in total. The number of nitrogens with one attached hydrogen (secondary N) is 2. The molecule has 0 aromatic heterocycles. The highest BCUT2D eigenvalue weighted by Crippen LogP contribution is 2.11. The zero-order valence-corrected chi connectivity index (χ0v) is 15.5. The predicted octanol–water partition coefficient (Wildman–Crippen LogP) is 2.76. The maximum Gasteiger partial charge on any atom is 0.191 e. The van der Waals surface area contributed by atoms with Crippen LogP contribution in [0.3, 0.4) is 0 Å². The van der Waals surface area contributed by atoms with Crippen LogP contribution in [0, 0.1) is 5.92 Å². The van der Waals surface area contributed by atoms with Crippen LogP contribution in [0.2, 0.25) is 0 Å². The van der Waals surface area contributed by atoms with Crippen LogP contribution in [0.25, 0.3) is 0 Å². The molecule has 0 bridgehead atoms. The van der Waals surface area contributed by atoms with Gasteiger partial charge in [-0.05, 0) is 46.5 Å². The molecule has 0 saturated carbocycles. The van der Waals surface area contributed by atoms with Crippen molar-refractivity contribution in [2.75, 3.05) is 19.7 Å². The molecular weight excluding hydrogens is 353 g/mol. The number of aliphatic hydroxyl groups excluding tert-OH is 1. The van der Waals surface area contributed by atoms with Crippen LogP contribution in [0.1, 0.15) is 53.9 Å². The lowest BCUT2D eigenvalue weighted by Crippen LogP contribution is -2.47. The van der Waals surface area contributed by atoms with Crippen molar-refractivity contribution >= 4 is 29.9 Å². The van der Waals surface area contributed by atoms with E-state index >= 15 is 0 Å². The van der Waals surface area contributed by atoms with E-state index in [1.807, 2.05) is 0 Å². The largest absolute Gasteiger partial charge is 0.396 e. The Morgan fingerprint density at radius 3 is 2.26 bits per heavy atom. The molecule has 0 aliphatic heterocycles. The molecule has 116 valence electrons. The van der Waals surface area contributed by atoms with E-state index in [2.05, 4.69) is 50.2 Å². The van der Waals surface area contributed by atoms with Crippen LogP contribution in [0.15, 0.2) is 4.99 Å². The highest BCUT2D eigenvalue weighted by Gasteiger charge is 2.12. The lowest BCUT2D eigenvalue weighted by molar-refractivity contribution is 0.253. The van der Waals surface area contributed by atoms with Crippen LogP contribution in [0.4, 0.5) is 0 Å². The van der Waals surface area contributed by atoms with Crippen LogP contribution in [0.5, 0.6) is 0 Å². The summed E-state index contributed by atoms with van der Waals surface area (Å²) < 4.78 is 0. The molecule has 0 amide bonds. The summed E-state index contributed by atoms with van der Waals surface area (Å²) in [7, 11) is 0. The SMILES string of the molecule is CCCC(CCO)CN=C(NCC)NC(C)(C)C.I. The van der Waals surface area contributed by atoms with E-state index in [9.17, 15) is 0 Å². The van der Waals surface area contributed by atoms with Crippen LogP contribution in [-0.2, 0) is 0 Å². The van der Waals surface area contributed by atoms with Gasteiger partial charge in [-0.2, -0.15) is 0 Å². The molecule has 0 aliphatic carbocycles. The highest BCUT2D eigenvalue weighted by atomic mass is 127. The smallest absolute Gasteiger partial charge is 0.191 e. The molecule has 4 nitrogen and oxygen atoms in total. The fourth-order valence-electron chi connectivity index (χ4n) is 1.80. The summed E-state index contributed by atoms with van der Waals surface area (Å²) in [6.45, 7) is 12.5. The number of rotatable bonds is 7. The van der Waals surface area contributed by atoms with E-state index in [4.69, 9.17) is 5.11 Å². The average molecular weight is 385 g/mol. The summed E-state index contributed by atoms with van der Waals surface area (Å²) >= 11 is 0. The van der Waals surface area contributed by atoms with Crippen LogP contribution < -0.4 is 10.6 Å². The fraction of sp³-hybridized carbons (Fsp3) is 0.929. The third kappa shape index (κ3) is 12.7. The quantitative estimate of drug-likeness (QED) is 0.359. The maximum absolute atomic E-state index is 9.04. The first-order valence-electron chi connectivity index (χ1n) is 7.10. The number of nitrogens with zero attached hydrogens (tertiary/aromatic N) is 1. The minimum Gasteiger partial charge on any atom is -0.396 e. The lowest BCUT2D eigenvalue weighted by Gasteiger charge is -2.24.